The molecule has 1 saturated carbocycles. The summed E-state index contributed by atoms with van der Waals surface area (Å²) in [7, 11) is 0. The van der Waals surface area contributed by atoms with Gasteiger partial charge in [0.25, 0.3) is 5.91 Å². The van der Waals surface area contributed by atoms with Crippen LogP contribution >= 0.6 is 0 Å². The highest BCUT2D eigenvalue weighted by molar-refractivity contribution is 5.95. The van der Waals surface area contributed by atoms with Crippen molar-refractivity contribution < 1.29 is 19.1 Å². The van der Waals surface area contributed by atoms with Crippen molar-refractivity contribution in [1.29, 1.82) is 0 Å². The third-order valence-corrected chi connectivity index (χ3v) is 7.69. The predicted molar refractivity (Wildman–Crippen MR) is 151 cm³/mol. The zero-order valence-electron chi connectivity index (χ0n) is 22.6. The molecule has 2 atom stereocenters. The molecule has 2 aliphatic carbocycles. The summed E-state index contributed by atoms with van der Waals surface area (Å²) >= 11 is 0. The van der Waals surface area contributed by atoms with Crippen molar-refractivity contribution in [3.63, 3.8) is 0 Å². The van der Waals surface area contributed by atoms with E-state index in [9.17, 15) is 9.59 Å². The molecular weight excluding hydrogens is 502 g/mol. The Bertz CT molecular complexity index is 1460. The zero-order valence-corrected chi connectivity index (χ0v) is 22.6. The Morgan fingerprint density at radius 3 is 2.33 bits per heavy atom. The van der Waals surface area contributed by atoms with Crippen molar-refractivity contribution in [2.24, 2.45) is 0 Å². The quantitative estimate of drug-likeness (QED) is 0.262. The number of aryl methyl sites for hydroxylation is 1. The van der Waals surface area contributed by atoms with Crippen molar-refractivity contribution >= 4 is 12.0 Å². The summed E-state index contributed by atoms with van der Waals surface area (Å²) in [6.07, 6.45) is 5.46. The first-order valence-electron chi connectivity index (χ1n) is 14.0. The second-order valence-corrected chi connectivity index (χ2v) is 10.6. The number of nitrogens with zero attached hydrogens (tertiary/aromatic N) is 3. The lowest BCUT2D eigenvalue weighted by Crippen LogP contribution is -2.44. The fraction of sp³-hybridized carbons (Fsp3) is 0.303. The van der Waals surface area contributed by atoms with Gasteiger partial charge in [0.05, 0.1) is 5.69 Å². The SMILES string of the molecule is C[C@H](Oc1ccc(C(=O)N(C2CC2)[C@H]2CCc3nn(C(=O)OCc4ccccc4)cc3C2)cc1)c1ccccc1. The van der Waals surface area contributed by atoms with Gasteiger partial charge in [-0.3, -0.25) is 4.79 Å². The summed E-state index contributed by atoms with van der Waals surface area (Å²) < 4.78 is 12.9. The first-order valence-corrected chi connectivity index (χ1v) is 14.0. The molecule has 7 heteroatoms. The molecular formula is C33H33N3O4. The van der Waals surface area contributed by atoms with Gasteiger partial charge in [0, 0.05) is 23.8 Å². The average molecular weight is 536 g/mol. The molecule has 1 heterocycles. The van der Waals surface area contributed by atoms with Crippen LogP contribution in [-0.2, 0) is 24.2 Å². The largest absolute Gasteiger partial charge is 0.486 e. The Balaban J connectivity index is 1.10. The van der Waals surface area contributed by atoms with Crippen LogP contribution in [0.5, 0.6) is 5.75 Å². The van der Waals surface area contributed by atoms with Crippen molar-refractivity contribution in [2.45, 2.75) is 63.8 Å². The van der Waals surface area contributed by atoms with Crippen LogP contribution in [0.1, 0.15) is 65.0 Å². The molecule has 1 aromatic heterocycles. The molecule has 1 amide bonds. The van der Waals surface area contributed by atoms with E-state index in [1.54, 1.807) is 6.20 Å². The molecule has 7 nitrogen and oxygen atoms in total. The van der Waals surface area contributed by atoms with Gasteiger partial charge in [0.1, 0.15) is 18.5 Å². The van der Waals surface area contributed by atoms with Crippen molar-refractivity contribution in [3.05, 3.63) is 119 Å². The summed E-state index contributed by atoms with van der Waals surface area (Å²) in [6.45, 7) is 2.22. The van der Waals surface area contributed by atoms with Crippen LogP contribution in [-0.4, -0.2) is 38.8 Å². The molecule has 0 aliphatic heterocycles. The molecule has 3 aromatic carbocycles. The summed E-state index contributed by atoms with van der Waals surface area (Å²) in [6, 6.07) is 27.5. The minimum atomic E-state index is -0.492. The minimum Gasteiger partial charge on any atom is -0.486 e. The number of amides is 1. The minimum absolute atomic E-state index is 0.0493. The lowest BCUT2D eigenvalue weighted by molar-refractivity contribution is 0.0642. The molecule has 204 valence electrons. The molecule has 40 heavy (non-hydrogen) atoms. The molecule has 0 radical (unpaired) electrons. The second-order valence-electron chi connectivity index (χ2n) is 10.6. The highest BCUT2D eigenvalue weighted by atomic mass is 16.6. The van der Waals surface area contributed by atoms with E-state index < -0.39 is 6.09 Å². The van der Waals surface area contributed by atoms with Gasteiger partial charge in [0.15, 0.2) is 0 Å². The van der Waals surface area contributed by atoms with Crippen LogP contribution in [0, 0.1) is 0 Å². The smallest absolute Gasteiger partial charge is 0.435 e. The number of hydrogen-bond donors (Lipinski definition) is 0. The van der Waals surface area contributed by atoms with Gasteiger partial charge in [-0.2, -0.15) is 9.78 Å². The van der Waals surface area contributed by atoms with E-state index in [-0.39, 0.29) is 30.7 Å². The van der Waals surface area contributed by atoms with Crippen LogP contribution < -0.4 is 4.74 Å². The fourth-order valence-corrected chi connectivity index (χ4v) is 5.41. The summed E-state index contributed by atoms with van der Waals surface area (Å²) in [5.41, 5.74) is 4.61. The van der Waals surface area contributed by atoms with E-state index in [0.29, 0.717) is 12.0 Å². The number of carbonyl (C=O) groups excluding carboxylic acids is 2. The normalized spacial score (nSPS) is 17.0. The lowest BCUT2D eigenvalue weighted by Gasteiger charge is -2.34. The number of benzene rings is 3. The van der Waals surface area contributed by atoms with Crippen molar-refractivity contribution in [1.82, 2.24) is 14.7 Å². The number of hydrogen-bond acceptors (Lipinski definition) is 5. The van der Waals surface area contributed by atoms with Crippen molar-refractivity contribution in [2.75, 3.05) is 0 Å². The van der Waals surface area contributed by atoms with E-state index in [0.717, 1.165) is 53.8 Å². The van der Waals surface area contributed by atoms with Gasteiger partial charge in [-0.15, -0.1) is 0 Å². The first-order chi connectivity index (χ1) is 19.5. The average Bonchev–Trinajstić information content (AvgIpc) is 3.74. The molecule has 6 rings (SSSR count). The van der Waals surface area contributed by atoms with Crippen LogP contribution in [0.25, 0.3) is 0 Å². The van der Waals surface area contributed by atoms with Crippen LogP contribution in [0.4, 0.5) is 4.79 Å². The van der Waals surface area contributed by atoms with Gasteiger partial charge in [-0.25, -0.2) is 4.79 Å². The molecule has 1 fully saturated rings. The molecule has 2 aliphatic rings. The van der Waals surface area contributed by atoms with E-state index >= 15 is 0 Å². The molecule has 0 unspecified atom stereocenters. The van der Waals surface area contributed by atoms with E-state index in [1.807, 2.05) is 91.9 Å². The molecule has 0 spiro atoms. The maximum atomic E-state index is 13.7. The third kappa shape index (κ3) is 5.78. The van der Waals surface area contributed by atoms with Gasteiger partial charge in [-0.05, 0) is 80.0 Å². The standard InChI is InChI=1S/C33H33N3O4/c1-23(25-10-6-3-7-11-25)40-30-17-12-26(13-18-30)32(37)36(28-14-15-28)29-16-19-31-27(20-29)21-35(34-31)33(38)39-22-24-8-4-2-5-9-24/h2-13,17-18,21,23,28-29H,14-16,19-20,22H2,1H3/t23-,29-/m0/s1. The van der Waals surface area contributed by atoms with Gasteiger partial charge >= 0.3 is 6.09 Å². The first kappa shape index (κ1) is 25.9. The topological polar surface area (TPSA) is 73.7 Å². The number of aromatic nitrogens is 2. The summed E-state index contributed by atoms with van der Waals surface area (Å²) in [5, 5.41) is 4.50. The molecule has 4 aromatic rings. The van der Waals surface area contributed by atoms with Crippen LogP contribution in [0.2, 0.25) is 0 Å². The Kier molecular flexibility index (Phi) is 7.36. The van der Waals surface area contributed by atoms with Crippen LogP contribution in [0.15, 0.2) is 91.1 Å². The lowest BCUT2D eigenvalue weighted by atomic mass is 9.91. The number of rotatable bonds is 8. The summed E-state index contributed by atoms with van der Waals surface area (Å²) in [4.78, 5) is 28.4. The molecule has 0 N–H and O–H groups in total. The number of fused-ring (bicyclic) bond motifs is 1. The van der Waals surface area contributed by atoms with Gasteiger partial charge in [0.2, 0.25) is 0 Å². The van der Waals surface area contributed by atoms with Crippen LogP contribution in [0.3, 0.4) is 0 Å². The Morgan fingerprint density at radius 2 is 1.62 bits per heavy atom. The predicted octanol–water partition coefficient (Wildman–Crippen LogP) is 6.37. The molecule has 0 saturated heterocycles. The zero-order chi connectivity index (χ0) is 27.5. The van der Waals surface area contributed by atoms with Gasteiger partial charge in [-0.1, -0.05) is 60.7 Å². The highest BCUT2D eigenvalue weighted by Gasteiger charge is 2.39. The second kappa shape index (κ2) is 11.4. The maximum absolute atomic E-state index is 13.7. The van der Waals surface area contributed by atoms with E-state index in [4.69, 9.17) is 9.47 Å². The Labute approximate surface area is 234 Å². The molecule has 0 bridgehead atoms. The van der Waals surface area contributed by atoms with Crippen molar-refractivity contribution in [3.8, 4) is 5.75 Å². The maximum Gasteiger partial charge on any atom is 0.435 e. The number of carbonyl (C=O) groups is 2. The van der Waals surface area contributed by atoms with E-state index in [2.05, 4.69) is 10.00 Å². The number of ether oxygens (including phenoxy) is 2. The summed E-state index contributed by atoms with van der Waals surface area (Å²) in [5.74, 6) is 0.785. The monoisotopic (exact) mass is 535 g/mol. The third-order valence-electron chi connectivity index (χ3n) is 7.69. The Hall–Kier alpha value is -4.39. The highest BCUT2D eigenvalue weighted by Crippen LogP contribution is 2.35. The van der Waals surface area contributed by atoms with E-state index in [1.165, 1.54) is 4.68 Å². The fourth-order valence-electron chi connectivity index (χ4n) is 5.41. The van der Waals surface area contributed by atoms with Gasteiger partial charge < -0.3 is 14.4 Å². The Morgan fingerprint density at radius 1 is 0.925 bits per heavy atom.